The van der Waals surface area contributed by atoms with Crippen LogP contribution in [0.5, 0.6) is 0 Å². The number of carbonyl (C=O) groups is 1. The number of ether oxygens (including phenoxy) is 1. The number of esters is 1. The average molecular weight is 238 g/mol. The van der Waals surface area contributed by atoms with Crippen LogP contribution in [0.4, 0.5) is 0 Å². The van der Waals surface area contributed by atoms with E-state index in [0.717, 1.165) is 11.4 Å². The lowest BCUT2D eigenvalue weighted by atomic mass is 9.96. The first-order chi connectivity index (χ1) is 7.67. The van der Waals surface area contributed by atoms with E-state index >= 15 is 0 Å². The van der Waals surface area contributed by atoms with Gasteiger partial charge in [-0.1, -0.05) is 17.7 Å². The Morgan fingerprint density at radius 3 is 3.19 bits per heavy atom. The van der Waals surface area contributed by atoms with Crippen molar-refractivity contribution in [2.75, 3.05) is 7.11 Å². The Bertz CT molecular complexity index is 474. The average Bonchev–Trinajstić information content (AvgIpc) is 3.04. The van der Waals surface area contributed by atoms with Gasteiger partial charge in [0.05, 0.1) is 7.11 Å². The van der Waals surface area contributed by atoms with Gasteiger partial charge in [0.1, 0.15) is 5.54 Å². The van der Waals surface area contributed by atoms with Gasteiger partial charge in [-0.05, 0) is 29.7 Å². The Kier molecular flexibility index (Phi) is 2.03. The van der Waals surface area contributed by atoms with Crippen molar-refractivity contribution in [3.8, 4) is 0 Å². The molecule has 2 aliphatic rings. The number of hydrogen-bond donors (Lipinski definition) is 1. The van der Waals surface area contributed by atoms with Crippen LogP contribution in [-0.2, 0) is 16.1 Å². The summed E-state index contributed by atoms with van der Waals surface area (Å²) in [7, 11) is 1.43. The van der Waals surface area contributed by atoms with Crippen molar-refractivity contribution >= 4 is 17.6 Å². The predicted molar refractivity (Wildman–Crippen MR) is 60.4 cm³/mol. The Morgan fingerprint density at radius 2 is 2.44 bits per heavy atom. The Balaban J connectivity index is 2.00. The zero-order valence-corrected chi connectivity index (χ0v) is 9.67. The molecule has 0 saturated heterocycles. The summed E-state index contributed by atoms with van der Waals surface area (Å²) in [6, 6.07) is 5.87. The molecule has 1 aromatic carbocycles. The lowest BCUT2D eigenvalue weighted by Crippen LogP contribution is -2.43. The van der Waals surface area contributed by atoms with Crippen LogP contribution in [0.25, 0.3) is 0 Å². The second-order valence-electron chi connectivity index (χ2n) is 4.42. The van der Waals surface area contributed by atoms with Crippen LogP contribution in [0.1, 0.15) is 23.5 Å². The van der Waals surface area contributed by atoms with E-state index in [2.05, 4.69) is 5.32 Å². The highest BCUT2D eigenvalue weighted by Gasteiger charge is 2.63. The maximum atomic E-state index is 11.7. The number of benzene rings is 1. The topological polar surface area (TPSA) is 38.3 Å². The van der Waals surface area contributed by atoms with Gasteiger partial charge >= 0.3 is 5.97 Å². The molecule has 1 aliphatic carbocycles. The van der Waals surface area contributed by atoms with Gasteiger partial charge in [-0.3, -0.25) is 10.1 Å². The fraction of sp³-hybridized carbons (Fsp3) is 0.417. The van der Waals surface area contributed by atoms with Crippen molar-refractivity contribution in [1.29, 1.82) is 0 Å². The standard InChI is InChI=1S/C12H12ClNO2/c1-16-11(15)12-5-10(12)9-4-8(13)3-2-7(9)6-14-12/h2-4,10,14H,5-6H2,1H3/t10-,12+/m0/s1. The van der Waals surface area contributed by atoms with Crippen LogP contribution in [0.15, 0.2) is 18.2 Å². The van der Waals surface area contributed by atoms with Crippen molar-refractivity contribution in [3.63, 3.8) is 0 Å². The third-order valence-electron chi connectivity index (χ3n) is 3.59. The first kappa shape index (κ1) is 10.1. The number of nitrogens with one attached hydrogen (secondary N) is 1. The Hall–Kier alpha value is -1.06. The Morgan fingerprint density at radius 1 is 1.62 bits per heavy atom. The molecule has 16 heavy (non-hydrogen) atoms. The zero-order chi connectivity index (χ0) is 11.3. The molecule has 3 nitrogen and oxygen atoms in total. The van der Waals surface area contributed by atoms with E-state index in [-0.39, 0.29) is 11.9 Å². The van der Waals surface area contributed by atoms with Crippen LogP contribution in [-0.4, -0.2) is 18.6 Å². The van der Waals surface area contributed by atoms with E-state index in [9.17, 15) is 4.79 Å². The zero-order valence-electron chi connectivity index (χ0n) is 8.92. The molecule has 1 N–H and O–H groups in total. The third-order valence-corrected chi connectivity index (χ3v) is 3.82. The number of rotatable bonds is 1. The second-order valence-corrected chi connectivity index (χ2v) is 4.85. The predicted octanol–water partition coefficient (Wildman–Crippen LogP) is 1.84. The van der Waals surface area contributed by atoms with Crippen LogP contribution in [0, 0.1) is 0 Å². The van der Waals surface area contributed by atoms with Gasteiger partial charge in [-0.25, -0.2) is 0 Å². The molecule has 4 heteroatoms. The van der Waals surface area contributed by atoms with Gasteiger partial charge in [0.15, 0.2) is 0 Å². The minimum absolute atomic E-state index is 0.164. The molecule has 84 valence electrons. The van der Waals surface area contributed by atoms with E-state index in [1.807, 2.05) is 18.2 Å². The highest BCUT2D eigenvalue weighted by Crippen LogP contribution is 2.55. The minimum atomic E-state index is -0.480. The van der Waals surface area contributed by atoms with Crippen LogP contribution in [0.3, 0.4) is 0 Å². The summed E-state index contributed by atoms with van der Waals surface area (Å²) in [6.45, 7) is 0.706. The molecule has 0 radical (unpaired) electrons. The summed E-state index contributed by atoms with van der Waals surface area (Å²) >= 11 is 5.98. The summed E-state index contributed by atoms with van der Waals surface area (Å²) in [6.07, 6.45) is 0.813. The van der Waals surface area contributed by atoms with Crippen molar-refractivity contribution in [2.45, 2.75) is 24.4 Å². The van der Waals surface area contributed by atoms with Crippen molar-refractivity contribution in [2.24, 2.45) is 0 Å². The molecule has 1 heterocycles. The maximum Gasteiger partial charge on any atom is 0.326 e. The van der Waals surface area contributed by atoms with Gasteiger partial charge in [0.25, 0.3) is 0 Å². The lowest BCUT2D eigenvalue weighted by Gasteiger charge is -2.24. The minimum Gasteiger partial charge on any atom is -0.468 e. The molecule has 3 rings (SSSR count). The highest BCUT2D eigenvalue weighted by atomic mass is 35.5. The van der Waals surface area contributed by atoms with Gasteiger partial charge in [-0.2, -0.15) is 0 Å². The smallest absolute Gasteiger partial charge is 0.326 e. The maximum absolute atomic E-state index is 11.7. The largest absolute Gasteiger partial charge is 0.468 e. The van der Waals surface area contributed by atoms with Gasteiger partial charge < -0.3 is 4.74 Å². The number of fused-ring (bicyclic) bond motifs is 3. The molecule has 2 atom stereocenters. The Labute approximate surface area is 98.7 Å². The SMILES string of the molecule is COC(=O)[C@@]12C[C@H]1c1cc(Cl)ccc1CN2. The molecule has 0 spiro atoms. The van der Waals surface area contributed by atoms with Crippen LogP contribution in [0.2, 0.25) is 5.02 Å². The normalized spacial score (nSPS) is 30.2. The molecular weight excluding hydrogens is 226 g/mol. The van der Waals surface area contributed by atoms with Crippen molar-refractivity contribution in [3.05, 3.63) is 34.3 Å². The van der Waals surface area contributed by atoms with Crippen LogP contribution < -0.4 is 5.32 Å². The van der Waals surface area contributed by atoms with E-state index < -0.39 is 5.54 Å². The number of carbonyl (C=O) groups excluding carboxylic acids is 1. The van der Waals surface area contributed by atoms with Crippen molar-refractivity contribution < 1.29 is 9.53 Å². The summed E-state index contributed by atoms with van der Waals surface area (Å²) in [4.78, 5) is 11.7. The summed E-state index contributed by atoms with van der Waals surface area (Å²) in [5.74, 6) is 0.0607. The third kappa shape index (κ3) is 1.22. The van der Waals surface area contributed by atoms with E-state index in [1.165, 1.54) is 18.2 Å². The first-order valence-electron chi connectivity index (χ1n) is 5.29. The fourth-order valence-corrected chi connectivity index (χ4v) is 2.80. The molecule has 0 aromatic heterocycles. The quantitative estimate of drug-likeness (QED) is 0.758. The van der Waals surface area contributed by atoms with E-state index in [4.69, 9.17) is 16.3 Å². The molecular formula is C12H12ClNO2. The molecule has 1 aromatic rings. The highest BCUT2D eigenvalue weighted by molar-refractivity contribution is 6.30. The molecule has 1 aliphatic heterocycles. The molecule has 1 fully saturated rings. The number of hydrogen-bond acceptors (Lipinski definition) is 3. The number of methoxy groups -OCH3 is 1. The monoisotopic (exact) mass is 237 g/mol. The molecule has 0 bridgehead atoms. The van der Waals surface area contributed by atoms with Crippen molar-refractivity contribution in [1.82, 2.24) is 5.32 Å². The first-order valence-corrected chi connectivity index (χ1v) is 5.67. The second kappa shape index (κ2) is 3.22. The van der Waals surface area contributed by atoms with E-state index in [1.54, 1.807) is 0 Å². The lowest BCUT2D eigenvalue weighted by molar-refractivity contribution is -0.144. The molecule has 1 saturated carbocycles. The summed E-state index contributed by atoms with van der Waals surface area (Å²) in [5, 5.41) is 4.01. The molecule has 0 unspecified atom stereocenters. The van der Waals surface area contributed by atoms with Gasteiger partial charge in [0.2, 0.25) is 0 Å². The number of halogens is 1. The fourth-order valence-electron chi connectivity index (χ4n) is 2.62. The molecule has 0 amide bonds. The summed E-state index contributed by atoms with van der Waals surface area (Å²) in [5.41, 5.74) is 1.94. The summed E-state index contributed by atoms with van der Waals surface area (Å²) < 4.78 is 4.85. The van der Waals surface area contributed by atoms with Gasteiger partial charge in [-0.15, -0.1) is 0 Å². The van der Waals surface area contributed by atoms with Gasteiger partial charge in [0, 0.05) is 17.5 Å². The van der Waals surface area contributed by atoms with Crippen LogP contribution >= 0.6 is 11.6 Å². The van der Waals surface area contributed by atoms with E-state index in [0.29, 0.717) is 6.54 Å².